The van der Waals surface area contributed by atoms with Gasteiger partial charge in [-0.15, -0.1) is 12.4 Å². The molecule has 23 heavy (non-hydrogen) atoms. The molecule has 0 unspecified atom stereocenters. The second kappa shape index (κ2) is 8.55. The van der Waals surface area contributed by atoms with Crippen molar-refractivity contribution in [2.45, 2.75) is 32.6 Å². The number of amides is 1. The Labute approximate surface area is 145 Å². The van der Waals surface area contributed by atoms with Crippen LogP contribution in [0.2, 0.25) is 0 Å². The predicted octanol–water partition coefficient (Wildman–Crippen LogP) is 3.28. The molecule has 1 amide bonds. The van der Waals surface area contributed by atoms with Gasteiger partial charge in [0.15, 0.2) is 0 Å². The minimum absolute atomic E-state index is 0. The Hall–Kier alpha value is -1.26. The number of hydrogen-bond acceptors (Lipinski definition) is 3. The Kier molecular flexibility index (Phi) is 6.72. The average Bonchev–Trinajstić information content (AvgIpc) is 2.56. The summed E-state index contributed by atoms with van der Waals surface area (Å²) in [7, 11) is 0. The van der Waals surface area contributed by atoms with Crippen molar-refractivity contribution in [2.24, 2.45) is 11.8 Å². The van der Waals surface area contributed by atoms with Gasteiger partial charge in [0.2, 0.25) is 5.91 Å². The first-order valence-corrected chi connectivity index (χ1v) is 8.59. The van der Waals surface area contributed by atoms with Crippen LogP contribution in [0, 0.1) is 11.8 Å². The van der Waals surface area contributed by atoms with Gasteiger partial charge in [-0.2, -0.15) is 0 Å². The molecule has 2 fully saturated rings. The number of benzene rings is 1. The van der Waals surface area contributed by atoms with E-state index in [0.717, 1.165) is 50.6 Å². The van der Waals surface area contributed by atoms with Crippen LogP contribution >= 0.6 is 12.4 Å². The topological polar surface area (TPSA) is 44.4 Å². The molecule has 2 aliphatic rings. The molecule has 5 heteroatoms. The first kappa shape index (κ1) is 18.1. The maximum Gasteiger partial charge on any atom is 0.227 e. The minimum Gasteiger partial charge on any atom is -0.371 e. The molecule has 0 atom stereocenters. The Morgan fingerprint density at radius 1 is 1.17 bits per heavy atom. The number of anilines is 2. The molecule has 0 aromatic heterocycles. The van der Waals surface area contributed by atoms with Crippen LogP contribution in [0.3, 0.4) is 0 Å². The van der Waals surface area contributed by atoms with E-state index in [0.29, 0.717) is 0 Å². The van der Waals surface area contributed by atoms with E-state index in [1.807, 2.05) is 12.1 Å². The largest absolute Gasteiger partial charge is 0.371 e. The number of carbonyl (C=O) groups is 1. The maximum atomic E-state index is 12.3. The molecule has 0 saturated carbocycles. The van der Waals surface area contributed by atoms with E-state index in [-0.39, 0.29) is 24.2 Å². The molecule has 2 aliphatic heterocycles. The highest BCUT2D eigenvalue weighted by Gasteiger charge is 2.21. The molecule has 128 valence electrons. The lowest BCUT2D eigenvalue weighted by Crippen LogP contribution is -2.35. The van der Waals surface area contributed by atoms with Crippen molar-refractivity contribution in [3.8, 4) is 0 Å². The second-order valence-corrected chi connectivity index (χ2v) is 6.73. The summed E-state index contributed by atoms with van der Waals surface area (Å²) < 4.78 is 0. The molecule has 4 nitrogen and oxygen atoms in total. The lowest BCUT2D eigenvalue weighted by Gasteiger charge is -2.32. The Morgan fingerprint density at radius 3 is 2.57 bits per heavy atom. The average molecular weight is 338 g/mol. The Morgan fingerprint density at radius 2 is 1.87 bits per heavy atom. The van der Waals surface area contributed by atoms with Gasteiger partial charge in [-0.05, 0) is 62.9 Å². The van der Waals surface area contributed by atoms with Gasteiger partial charge in [-0.1, -0.05) is 13.0 Å². The lowest BCUT2D eigenvalue weighted by atomic mass is 9.97. The van der Waals surface area contributed by atoms with E-state index in [4.69, 9.17) is 0 Å². The highest BCUT2D eigenvalue weighted by atomic mass is 35.5. The number of carbonyl (C=O) groups excluding carboxylic acids is 1. The summed E-state index contributed by atoms with van der Waals surface area (Å²) in [4.78, 5) is 14.8. The van der Waals surface area contributed by atoms with Gasteiger partial charge in [0, 0.05) is 30.4 Å². The SMILES string of the molecule is CC1CCN(c2cccc(NC(=O)C3CCNCC3)c2)CC1.Cl. The number of hydrogen-bond donors (Lipinski definition) is 2. The minimum atomic E-state index is 0. The Bertz CT molecular complexity index is 509. The first-order valence-electron chi connectivity index (χ1n) is 8.59. The molecule has 1 aromatic carbocycles. The van der Waals surface area contributed by atoms with Crippen LogP contribution in [0.5, 0.6) is 0 Å². The van der Waals surface area contributed by atoms with Gasteiger partial charge >= 0.3 is 0 Å². The van der Waals surface area contributed by atoms with E-state index in [2.05, 4.69) is 34.6 Å². The fourth-order valence-electron chi connectivity index (χ4n) is 3.38. The lowest BCUT2D eigenvalue weighted by molar-refractivity contribution is -0.120. The quantitative estimate of drug-likeness (QED) is 0.889. The fourth-order valence-corrected chi connectivity index (χ4v) is 3.38. The summed E-state index contributed by atoms with van der Waals surface area (Å²) >= 11 is 0. The van der Waals surface area contributed by atoms with Gasteiger partial charge in [0.1, 0.15) is 0 Å². The molecule has 1 aromatic rings. The van der Waals surface area contributed by atoms with E-state index in [9.17, 15) is 4.79 Å². The molecular weight excluding hydrogens is 310 g/mol. The van der Waals surface area contributed by atoms with Gasteiger partial charge in [0.05, 0.1) is 0 Å². The monoisotopic (exact) mass is 337 g/mol. The van der Waals surface area contributed by atoms with Gasteiger partial charge in [-0.3, -0.25) is 4.79 Å². The van der Waals surface area contributed by atoms with Crippen LogP contribution in [-0.2, 0) is 4.79 Å². The number of halogens is 1. The number of nitrogens with one attached hydrogen (secondary N) is 2. The van der Waals surface area contributed by atoms with Crippen LogP contribution in [0.15, 0.2) is 24.3 Å². The van der Waals surface area contributed by atoms with Crippen LogP contribution in [-0.4, -0.2) is 32.1 Å². The summed E-state index contributed by atoms with van der Waals surface area (Å²) in [6.07, 6.45) is 4.39. The second-order valence-electron chi connectivity index (χ2n) is 6.73. The number of nitrogens with zero attached hydrogens (tertiary/aromatic N) is 1. The normalized spacial score (nSPS) is 20.0. The predicted molar refractivity (Wildman–Crippen MR) is 98.5 cm³/mol. The molecule has 0 bridgehead atoms. The summed E-state index contributed by atoms with van der Waals surface area (Å²) in [5.74, 6) is 1.16. The highest BCUT2D eigenvalue weighted by molar-refractivity contribution is 5.93. The number of piperidine rings is 2. The van der Waals surface area contributed by atoms with Crippen LogP contribution in [0.4, 0.5) is 11.4 Å². The summed E-state index contributed by atoms with van der Waals surface area (Å²) in [5, 5.41) is 6.41. The third-order valence-electron chi connectivity index (χ3n) is 4.97. The van der Waals surface area contributed by atoms with Crippen molar-refractivity contribution < 1.29 is 4.79 Å². The van der Waals surface area contributed by atoms with Crippen molar-refractivity contribution in [1.82, 2.24) is 5.32 Å². The highest BCUT2D eigenvalue weighted by Crippen LogP contribution is 2.25. The van der Waals surface area contributed by atoms with Gasteiger partial charge in [0.25, 0.3) is 0 Å². The van der Waals surface area contributed by atoms with Crippen molar-refractivity contribution in [3.63, 3.8) is 0 Å². The molecular formula is C18H28ClN3O. The van der Waals surface area contributed by atoms with E-state index < -0.39 is 0 Å². The summed E-state index contributed by atoms with van der Waals surface area (Å²) in [6, 6.07) is 8.31. The van der Waals surface area contributed by atoms with E-state index in [1.165, 1.54) is 18.5 Å². The molecule has 3 rings (SSSR count). The molecule has 2 heterocycles. The molecule has 0 radical (unpaired) electrons. The smallest absolute Gasteiger partial charge is 0.227 e. The van der Waals surface area contributed by atoms with Crippen molar-refractivity contribution in [1.29, 1.82) is 0 Å². The van der Waals surface area contributed by atoms with E-state index >= 15 is 0 Å². The van der Waals surface area contributed by atoms with Crippen LogP contribution in [0.1, 0.15) is 32.6 Å². The van der Waals surface area contributed by atoms with Gasteiger partial charge in [-0.25, -0.2) is 0 Å². The number of rotatable bonds is 3. The zero-order valence-electron chi connectivity index (χ0n) is 13.9. The molecule has 2 saturated heterocycles. The third kappa shape index (κ3) is 4.85. The van der Waals surface area contributed by atoms with Crippen LogP contribution in [0.25, 0.3) is 0 Å². The van der Waals surface area contributed by atoms with Crippen molar-refractivity contribution in [3.05, 3.63) is 24.3 Å². The van der Waals surface area contributed by atoms with E-state index in [1.54, 1.807) is 0 Å². The fraction of sp³-hybridized carbons (Fsp3) is 0.611. The van der Waals surface area contributed by atoms with Crippen molar-refractivity contribution >= 4 is 29.7 Å². The molecule has 0 spiro atoms. The summed E-state index contributed by atoms with van der Waals surface area (Å²) in [6.45, 7) is 6.46. The standard InChI is InChI=1S/C18H27N3O.ClH/c1-14-7-11-21(12-8-14)17-4-2-3-16(13-17)20-18(22)15-5-9-19-10-6-15;/h2-4,13-15,19H,5-12H2,1H3,(H,20,22);1H. The first-order chi connectivity index (χ1) is 10.7. The zero-order valence-corrected chi connectivity index (χ0v) is 14.7. The molecule has 0 aliphatic carbocycles. The maximum absolute atomic E-state index is 12.3. The third-order valence-corrected chi connectivity index (χ3v) is 4.97. The zero-order chi connectivity index (χ0) is 15.4. The van der Waals surface area contributed by atoms with Gasteiger partial charge < -0.3 is 15.5 Å². The summed E-state index contributed by atoms with van der Waals surface area (Å²) in [5.41, 5.74) is 2.16. The Balaban J connectivity index is 0.00000192. The molecule has 2 N–H and O–H groups in total. The van der Waals surface area contributed by atoms with Crippen molar-refractivity contribution in [2.75, 3.05) is 36.4 Å². The van der Waals surface area contributed by atoms with Crippen LogP contribution < -0.4 is 15.5 Å².